The highest BCUT2D eigenvalue weighted by Crippen LogP contribution is 2.21. The number of nitrogens with zero attached hydrogens (tertiary/aromatic N) is 1. The number of carbonyl (C=O) groups excluding carboxylic acids is 2. The second-order valence-corrected chi connectivity index (χ2v) is 6.88. The van der Waals surface area contributed by atoms with Crippen molar-refractivity contribution in [2.24, 2.45) is 11.8 Å². The Morgan fingerprint density at radius 3 is 2.33 bits per heavy atom. The minimum atomic E-state index is -0.320. The summed E-state index contributed by atoms with van der Waals surface area (Å²) in [7, 11) is 0. The molecule has 0 bridgehead atoms. The summed E-state index contributed by atoms with van der Waals surface area (Å²) in [5.74, 6) is 0.998. The lowest BCUT2D eigenvalue weighted by atomic mass is 9.94. The van der Waals surface area contributed by atoms with Crippen molar-refractivity contribution in [2.45, 2.75) is 78.8 Å². The minimum absolute atomic E-state index is 0.0328. The molecule has 1 saturated heterocycles. The first-order valence-electron chi connectivity index (χ1n) is 8.51. The van der Waals surface area contributed by atoms with Crippen LogP contribution in [-0.2, 0) is 9.59 Å². The third-order valence-corrected chi connectivity index (χ3v) is 4.14. The number of piperazine rings is 1. The largest absolute Gasteiger partial charge is 0.343 e. The highest BCUT2D eigenvalue weighted by molar-refractivity contribution is 5.96. The molecule has 21 heavy (non-hydrogen) atoms. The van der Waals surface area contributed by atoms with Gasteiger partial charge in [-0.2, -0.15) is 0 Å². The predicted molar refractivity (Wildman–Crippen MR) is 85.9 cm³/mol. The smallest absolute Gasteiger partial charge is 0.245 e. The van der Waals surface area contributed by atoms with Crippen LogP contribution >= 0.6 is 0 Å². The van der Waals surface area contributed by atoms with E-state index in [1.807, 2.05) is 11.8 Å². The Bertz CT molecular complexity index is 355. The van der Waals surface area contributed by atoms with Gasteiger partial charge in [0.25, 0.3) is 0 Å². The molecule has 0 aliphatic carbocycles. The Morgan fingerprint density at radius 1 is 1.14 bits per heavy atom. The van der Waals surface area contributed by atoms with Crippen LogP contribution in [0, 0.1) is 11.8 Å². The van der Waals surface area contributed by atoms with E-state index >= 15 is 0 Å². The number of rotatable bonds is 8. The quantitative estimate of drug-likeness (QED) is 0.748. The van der Waals surface area contributed by atoms with Crippen molar-refractivity contribution in [3.8, 4) is 0 Å². The van der Waals surface area contributed by atoms with Crippen molar-refractivity contribution in [3.63, 3.8) is 0 Å². The third kappa shape index (κ3) is 5.01. The molecule has 3 unspecified atom stereocenters. The molecule has 0 aromatic rings. The van der Waals surface area contributed by atoms with E-state index in [0.717, 1.165) is 32.1 Å². The molecule has 0 radical (unpaired) electrons. The van der Waals surface area contributed by atoms with Gasteiger partial charge < -0.3 is 10.2 Å². The van der Waals surface area contributed by atoms with E-state index in [2.05, 4.69) is 33.0 Å². The Balaban J connectivity index is 2.88. The molecule has 3 atom stereocenters. The van der Waals surface area contributed by atoms with E-state index in [4.69, 9.17) is 0 Å². The number of hydrogen-bond acceptors (Lipinski definition) is 2. The van der Waals surface area contributed by atoms with Crippen LogP contribution in [0.5, 0.6) is 0 Å². The molecule has 1 rings (SSSR count). The minimum Gasteiger partial charge on any atom is -0.343 e. The van der Waals surface area contributed by atoms with E-state index in [0.29, 0.717) is 18.4 Å². The number of nitrogens with one attached hydrogen (secondary N) is 1. The van der Waals surface area contributed by atoms with Gasteiger partial charge in [-0.25, -0.2) is 0 Å². The van der Waals surface area contributed by atoms with E-state index in [-0.39, 0.29) is 23.9 Å². The second-order valence-electron chi connectivity index (χ2n) is 6.88. The maximum atomic E-state index is 12.7. The molecule has 4 nitrogen and oxygen atoms in total. The van der Waals surface area contributed by atoms with Crippen LogP contribution < -0.4 is 5.32 Å². The zero-order valence-corrected chi connectivity index (χ0v) is 14.3. The van der Waals surface area contributed by atoms with E-state index in [1.54, 1.807) is 0 Å². The summed E-state index contributed by atoms with van der Waals surface area (Å²) in [6, 6.07) is -0.607. The van der Waals surface area contributed by atoms with Crippen molar-refractivity contribution >= 4 is 11.8 Å². The molecule has 1 heterocycles. The monoisotopic (exact) mass is 296 g/mol. The van der Waals surface area contributed by atoms with Gasteiger partial charge in [-0.3, -0.25) is 9.59 Å². The lowest BCUT2D eigenvalue weighted by molar-refractivity contribution is -0.150. The first-order chi connectivity index (χ1) is 9.90. The standard InChI is InChI=1S/C17H32N2O2/c1-6-8-13(5)11-19-15(10-12(3)4)16(20)18-14(9-7-2)17(19)21/h12-15H,6-11H2,1-5H3,(H,18,20). The SMILES string of the molecule is CCCC(C)CN1C(=O)C(CCC)NC(=O)C1CC(C)C. The molecular formula is C17H32N2O2. The molecule has 2 amide bonds. The summed E-state index contributed by atoms with van der Waals surface area (Å²) in [6.07, 6.45) is 4.59. The molecular weight excluding hydrogens is 264 g/mol. The van der Waals surface area contributed by atoms with Crippen molar-refractivity contribution < 1.29 is 9.59 Å². The van der Waals surface area contributed by atoms with Gasteiger partial charge in [0.05, 0.1) is 0 Å². The molecule has 0 saturated carbocycles. The maximum absolute atomic E-state index is 12.7. The zero-order valence-electron chi connectivity index (χ0n) is 14.3. The second kappa shape index (κ2) is 8.40. The summed E-state index contributed by atoms with van der Waals surface area (Å²) >= 11 is 0. The van der Waals surface area contributed by atoms with Crippen molar-refractivity contribution in [1.29, 1.82) is 0 Å². The zero-order chi connectivity index (χ0) is 16.0. The predicted octanol–water partition coefficient (Wildman–Crippen LogP) is 2.96. The molecule has 0 aromatic heterocycles. The molecule has 1 N–H and O–H groups in total. The van der Waals surface area contributed by atoms with Crippen molar-refractivity contribution in [2.75, 3.05) is 6.54 Å². The first-order valence-corrected chi connectivity index (χ1v) is 8.51. The molecule has 4 heteroatoms. The molecule has 122 valence electrons. The average molecular weight is 296 g/mol. The van der Waals surface area contributed by atoms with Crippen LogP contribution in [0.2, 0.25) is 0 Å². The van der Waals surface area contributed by atoms with Crippen LogP contribution in [0.4, 0.5) is 0 Å². The van der Waals surface area contributed by atoms with Gasteiger partial charge in [-0.15, -0.1) is 0 Å². The lowest BCUT2D eigenvalue weighted by Gasteiger charge is -2.41. The van der Waals surface area contributed by atoms with E-state index in [1.165, 1.54) is 0 Å². The van der Waals surface area contributed by atoms with Gasteiger partial charge >= 0.3 is 0 Å². The Hall–Kier alpha value is -1.06. The molecule has 1 fully saturated rings. The van der Waals surface area contributed by atoms with Gasteiger partial charge in [-0.05, 0) is 31.1 Å². The van der Waals surface area contributed by atoms with E-state index in [9.17, 15) is 9.59 Å². The Labute approximate surface area is 129 Å². The van der Waals surface area contributed by atoms with Gasteiger partial charge in [0.15, 0.2) is 0 Å². The molecule has 0 aromatic carbocycles. The van der Waals surface area contributed by atoms with Gasteiger partial charge in [-0.1, -0.05) is 47.5 Å². The maximum Gasteiger partial charge on any atom is 0.245 e. The summed E-state index contributed by atoms with van der Waals surface area (Å²) in [4.78, 5) is 27.0. The third-order valence-electron chi connectivity index (χ3n) is 4.14. The summed E-state index contributed by atoms with van der Waals surface area (Å²) in [5, 5.41) is 2.93. The van der Waals surface area contributed by atoms with Crippen LogP contribution in [-0.4, -0.2) is 35.3 Å². The van der Waals surface area contributed by atoms with Crippen LogP contribution in [0.1, 0.15) is 66.7 Å². The van der Waals surface area contributed by atoms with E-state index < -0.39 is 0 Å². The fourth-order valence-corrected chi connectivity index (χ4v) is 3.13. The summed E-state index contributed by atoms with van der Waals surface area (Å²) < 4.78 is 0. The van der Waals surface area contributed by atoms with Crippen LogP contribution in [0.25, 0.3) is 0 Å². The summed E-state index contributed by atoms with van der Waals surface area (Å²) in [6.45, 7) is 11.3. The highest BCUT2D eigenvalue weighted by Gasteiger charge is 2.40. The number of hydrogen-bond donors (Lipinski definition) is 1. The molecule has 0 spiro atoms. The first kappa shape index (κ1) is 18.0. The van der Waals surface area contributed by atoms with Gasteiger partial charge in [0.1, 0.15) is 12.1 Å². The Morgan fingerprint density at radius 2 is 1.81 bits per heavy atom. The normalized spacial score (nSPS) is 24.4. The van der Waals surface area contributed by atoms with Crippen LogP contribution in [0.15, 0.2) is 0 Å². The number of carbonyl (C=O) groups is 2. The fraction of sp³-hybridized carbons (Fsp3) is 0.882. The average Bonchev–Trinajstić information content (AvgIpc) is 2.39. The topological polar surface area (TPSA) is 49.4 Å². The fourth-order valence-electron chi connectivity index (χ4n) is 3.13. The lowest BCUT2D eigenvalue weighted by Crippen LogP contribution is -2.64. The highest BCUT2D eigenvalue weighted by atomic mass is 16.2. The van der Waals surface area contributed by atoms with Crippen molar-refractivity contribution in [1.82, 2.24) is 10.2 Å². The number of amides is 2. The molecule has 1 aliphatic rings. The van der Waals surface area contributed by atoms with Gasteiger partial charge in [0, 0.05) is 6.54 Å². The summed E-state index contributed by atoms with van der Waals surface area (Å²) in [5.41, 5.74) is 0. The van der Waals surface area contributed by atoms with Crippen LogP contribution in [0.3, 0.4) is 0 Å². The Kier molecular flexibility index (Phi) is 7.20. The molecule has 1 aliphatic heterocycles. The van der Waals surface area contributed by atoms with Gasteiger partial charge in [0.2, 0.25) is 11.8 Å². The van der Waals surface area contributed by atoms with Crippen molar-refractivity contribution in [3.05, 3.63) is 0 Å².